The maximum Gasteiger partial charge on any atom is 0.171 e. The van der Waals surface area contributed by atoms with Gasteiger partial charge in [0.1, 0.15) is 12.4 Å². The summed E-state index contributed by atoms with van der Waals surface area (Å²) in [6, 6.07) is 2.24. The van der Waals surface area contributed by atoms with Gasteiger partial charge in [-0.05, 0) is 19.9 Å². The number of hydrogen-bond donors (Lipinski definition) is 1. The van der Waals surface area contributed by atoms with E-state index in [1.165, 1.54) is 6.42 Å². The summed E-state index contributed by atoms with van der Waals surface area (Å²) in [6.45, 7) is 4.21. The van der Waals surface area contributed by atoms with E-state index in [-0.39, 0.29) is 12.4 Å². The lowest BCUT2D eigenvalue weighted by Gasteiger charge is -2.27. The number of halogens is 2. The first-order valence-electron chi connectivity index (χ1n) is 5.44. The Morgan fingerprint density at radius 2 is 2.29 bits per heavy atom. The Morgan fingerprint density at radius 3 is 2.88 bits per heavy atom. The molecule has 1 aliphatic heterocycles. The van der Waals surface area contributed by atoms with Crippen molar-refractivity contribution >= 4 is 24.0 Å². The molecular formula is C11H16Cl2N2O2. The molecule has 1 aliphatic rings. The van der Waals surface area contributed by atoms with Crippen LogP contribution in [0.15, 0.2) is 12.3 Å². The maximum absolute atomic E-state index is 5.87. The second kappa shape index (κ2) is 6.89. The SMILES string of the molecule is CCOc1cc(OC[C@@H]2CCN2)cnc1Cl.Cl. The molecule has 1 saturated heterocycles. The number of ether oxygens (including phenoxy) is 2. The first-order valence-corrected chi connectivity index (χ1v) is 5.82. The van der Waals surface area contributed by atoms with Gasteiger partial charge in [0.2, 0.25) is 0 Å². The molecule has 2 heterocycles. The van der Waals surface area contributed by atoms with Gasteiger partial charge in [-0.15, -0.1) is 12.4 Å². The average molecular weight is 279 g/mol. The fraction of sp³-hybridized carbons (Fsp3) is 0.545. The standard InChI is InChI=1S/C11H15ClN2O2.ClH/c1-2-15-10-5-9(6-14-11(10)12)16-7-8-3-4-13-8;/h5-6,8,13H,2-4,7H2,1H3;1H/t8-;/m0./s1. The largest absolute Gasteiger partial charge is 0.491 e. The van der Waals surface area contributed by atoms with Crippen LogP contribution in [0.1, 0.15) is 13.3 Å². The van der Waals surface area contributed by atoms with Crippen LogP contribution < -0.4 is 14.8 Å². The van der Waals surface area contributed by atoms with E-state index in [1.54, 1.807) is 12.3 Å². The Labute approximate surface area is 112 Å². The molecule has 1 N–H and O–H groups in total. The molecule has 0 aromatic carbocycles. The van der Waals surface area contributed by atoms with Crippen LogP contribution in [0.2, 0.25) is 5.15 Å². The number of hydrogen-bond acceptors (Lipinski definition) is 4. The van der Waals surface area contributed by atoms with Crippen molar-refractivity contribution in [1.82, 2.24) is 10.3 Å². The zero-order valence-electron chi connectivity index (χ0n) is 9.61. The van der Waals surface area contributed by atoms with Crippen LogP contribution in [-0.4, -0.2) is 30.8 Å². The molecule has 1 aromatic heterocycles. The summed E-state index contributed by atoms with van der Waals surface area (Å²) in [5.41, 5.74) is 0. The van der Waals surface area contributed by atoms with Gasteiger partial charge in [-0.2, -0.15) is 0 Å². The summed E-state index contributed by atoms with van der Waals surface area (Å²) >= 11 is 5.87. The second-order valence-corrected chi connectivity index (χ2v) is 4.00. The molecule has 6 heteroatoms. The van der Waals surface area contributed by atoms with Crippen molar-refractivity contribution in [3.8, 4) is 11.5 Å². The Kier molecular flexibility index (Phi) is 5.82. The Hall–Kier alpha value is -0.710. The summed E-state index contributed by atoms with van der Waals surface area (Å²) in [4.78, 5) is 4.01. The van der Waals surface area contributed by atoms with E-state index in [4.69, 9.17) is 21.1 Å². The normalized spacial score (nSPS) is 17.9. The zero-order chi connectivity index (χ0) is 11.4. The van der Waals surface area contributed by atoms with Crippen LogP contribution in [0.3, 0.4) is 0 Å². The number of nitrogens with one attached hydrogen (secondary N) is 1. The van der Waals surface area contributed by atoms with Gasteiger partial charge in [-0.25, -0.2) is 4.98 Å². The lowest BCUT2D eigenvalue weighted by atomic mass is 10.1. The monoisotopic (exact) mass is 278 g/mol. The third-order valence-corrected chi connectivity index (χ3v) is 2.74. The predicted molar refractivity (Wildman–Crippen MR) is 69.6 cm³/mol. The minimum atomic E-state index is 0. The fourth-order valence-corrected chi connectivity index (χ4v) is 1.59. The van der Waals surface area contributed by atoms with E-state index in [9.17, 15) is 0 Å². The molecule has 1 atom stereocenters. The smallest absolute Gasteiger partial charge is 0.171 e. The van der Waals surface area contributed by atoms with E-state index in [0.29, 0.717) is 35.9 Å². The van der Waals surface area contributed by atoms with Gasteiger partial charge < -0.3 is 14.8 Å². The van der Waals surface area contributed by atoms with E-state index in [2.05, 4.69) is 10.3 Å². The summed E-state index contributed by atoms with van der Waals surface area (Å²) < 4.78 is 10.9. The molecule has 0 spiro atoms. The highest BCUT2D eigenvalue weighted by Gasteiger charge is 2.17. The molecule has 0 aliphatic carbocycles. The Bertz CT molecular complexity index is 359. The molecule has 1 fully saturated rings. The van der Waals surface area contributed by atoms with Gasteiger partial charge in [0.25, 0.3) is 0 Å². The Morgan fingerprint density at radius 1 is 1.53 bits per heavy atom. The zero-order valence-corrected chi connectivity index (χ0v) is 11.2. The molecule has 0 saturated carbocycles. The lowest BCUT2D eigenvalue weighted by Crippen LogP contribution is -2.46. The van der Waals surface area contributed by atoms with Gasteiger partial charge >= 0.3 is 0 Å². The average Bonchev–Trinajstić information content (AvgIpc) is 2.21. The van der Waals surface area contributed by atoms with Crippen LogP contribution in [0, 0.1) is 0 Å². The highest BCUT2D eigenvalue weighted by atomic mass is 35.5. The first kappa shape index (κ1) is 14.4. The Balaban J connectivity index is 0.00000144. The molecule has 0 radical (unpaired) electrons. The van der Waals surface area contributed by atoms with Crippen molar-refractivity contribution in [1.29, 1.82) is 0 Å². The third-order valence-electron chi connectivity index (χ3n) is 2.46. The minimum absolute atomic E-state index is 0. The van der Waals surface area contributed by atoms with Crippen LogP contribution in [0.25, 0.3) is 0 Å². The van der Waals surface area contributed by atoms with Crippen molar-refractivity contribution in [2.24, 2.45) is 0 Å². The topological polar surface area (TPSA) is 43.4 Å². The summed E-state index contributed by atoms with van der Waals surface area (Å²) in [5, 5.41) is 3.64. The fourth-order valence-electron chi connectivity index (χ4n) is 1.43. The summed E-state index contributed by atoms with van der Waals surface area (Å²) in [6.07, 6.45) is 2.78. The summed E-state index contributed by atoms with van der Waals surface area (Å²) in [7, 11) is 0. The molecule has 17 heavy (non-hydrogen) atoms. The summed E-state index contributed by atoms with van der Waals surface area (Å²) in [5.74, 6) is 1.27. The lowest BCUT2D eigenvalue weighted by molar-refractivity contribution is 0.216. The van der Waals surface area contributed by atoms with E-state index in [0.717, 1.165) is 6.54 Å². The number of pyridine rings is 1. The van der Waals surface area contributed by atoms with Crippen molar-refractivity contribution in [3.63, 3.8) is 0 Å². The van der Waals surface area contributed by atoms with E-state index >= 15 is 0 Å². The quantitative estimate of drug-likeness (QED) is 0.840. The highest BCUT2D eigenvalue weighted by molar-refractivity contribution is 6.30. The van der Waals surface area contributed by atoms with Crippen molar-refractivity contribution in [2.45, 2.75) is 19.4 Å². The van der Waals surface area contributed by atoms with Crippen molar-refractivity contribution < 1.29 is 9.47 Å². The number of aromatic nitrogens is 1. The van der Waals surface area contributed by atoms with Gasteiger partial charge in [-0.1, -0.05) is 11.6 Å². The number of rotatable bonds is 5. The van der Waals surface area contributed by atoms with Crippen LogP contribution in [0.4, 0.5) is 0 Å². The first-order chi connectivity index (χ1) is 7.79. The third kappa shape index (κ3) is 3.91. The van der Waals surface area contributed by atoms with Gasteiger partial charge in [0.15, 0.2) is 10.9 Å². The van der Waals surface area contributed by atoms with Crippen LogP contribution in [0.5, 0.6) is 11.5 Å². The molecule has 0 amide bonds. The van der Waals surface area contributed by atoms with Gasteiger partial charge in [0.05, 0.1) is 12.8 Å². The highest BCUT2D eigenvalue weighted by Crippen LogP contribution is 2.26. The minimum Gasteiger partial charge on any atom is -0.491 e. The van der Waals surface area contributed by atoms with Gasteiger partial charge in [-0.3, -0.25) is 0 Å². The van der Waals surface area contributed by atoms with E-state index in [1.807, 2.05) is 6.92 Å². The van der Waals surface area contributed by atoms with Crippen LogP contribution >= 0.6 is 24.0 Å². The second-order valence-electron chi connectivity index (χ2n) is 3.64. The molecule has 1 aromatic rings. The van der Waals surface area contributed by atoms with Crippen molar-refractivity contribution in [3.05, 3.63) is 17.4 Å². The number of nitrogens with zero attached hydrogens (tertiary/aromatic N) is 1. The molecule has 4 nitrogen and oxygen atoms in total. The van der Waals surface area contributed by atoms with Gasteiger partial charge in [0, 0.05) is 12.1 Å². The molecular weight excluding hydrogens is 263 g/mol. The molecule has 96 valence electrons. The molecule has 0 unspecified atom stereocenters. The van der Waals surface area contributed by atoms with Crippen LogP contribution in [-0.2, 0) is 0 Å². The van der Waals surface area contributed by atoms with E-state index < -0.39 is 0 Å². The predicted octanol–water partition coefficient (Wildman–Crippen LogP) is 2.30. The molecule has 2 rings (SSSR count). The van der Waals surface area contributed by atoms with Crippen molar-refractivity contribution in [2.75, 3.05) is 19.8 Å². The maximum atomic E-state index is 5.87. The molecule has 0 bridgehead atoms.